The fraction of sp³-hybridized carbons (Fsp3) is 0.174. The van der Waals surface area contributed by atoms with E-state index in [0.717, 1.165) is 33.6 Å². The van der Waals surface area contributed by atoms with E-state index in [0.29, 0.717) is 12.2 Å². The number of nitrogens with zero attached hydrogens (tertiary/aromatic N) is 1. The minimum absolute atomic E-state index is 0.0304. The molecular formula is C23H20BrNO2S. The molecule has 0 aliphatic carbocycles. The summed E-state index contributed by atoms with van der Waals surface area (Å²) in [6, 6.07) is 25.8. The molecule has 3 aromatic carbocycles. The minimum atomic E-state index is 0.0304. The maximum Gasteiger partial charge on any atom is 0.256 e. The van der Waals surface area contributed by atoms with Crippen molar-refractivity contribution in [3.05, 3.63) is 100 Å². The van der Waals surface area contributed by atoms with Crippen molar-refractivity contribution < 1.29 is 9.53 Å². The second-order valence-electron chi connectivity index (χ2n) is 6.54. The number of rotatable bonds is 5. The molecule has 0 radical (unpaired) electrons. The molecule has 5 heteroatoms. The Hall–Kier alpha value is -2.24. The highest BCUT2D eigenvalue weighted by atomic mass is 79.9. The van der Waals surface area contributed by atoms with Gasteiger partial charge < -0.3 is 9.64 Å². The van der Waals surface area contributed by atoms with Crippen molar-refractivity contribution in [2.75, 3.05) is 12.3 Å². The van der Waals surface area contributed by atoms with E-state index < -0.39 is 0 Å². The Morgan fingerprint density at radius 1 is 1.00 bits per heavy atom. The zero-order valence-electron chi connectivity index (χ0n) is 15.3. The Morgan fingerprint density at radius 3 is 2.46 bits per heavy atom. The maximum absolute atomic E-state index is 13.0. The fourth-order valence-corrected chi connectivity index (χ4v) is 4.92. The summed E-state index contributed by atoms with van der Waals surface area (Å²) in [5.41, 5.74) is 2.97. The fourth-order valence-electron chi connectivity index (χ4n) is 3.21. The molecular weight excluding hydrogens is 434 g/mol. The third-order valence-electron chi connectivity index (χ3n) is 4.67. The van der Waals surface area contributed by atoms with Gasteiger partial charge in [-0.3, -0.25) is 4.79 Å². The van der Waals surface area contributed by atoms with Crippen LogP contribution in [0.2, 0.25) is 0 Å². The number of carbonyl (C=O) groups is 1. The first-order valence-corrected chi connectivity index (χ1v) is 11.0. The zero-order chi connectivity index (χ0) is 19.3. The van der Waals surface area contributed by atoms with Crippen LogP contribution in [0.4, 0.5) is 0 Å². The normalized spacial score (nSPS) is 16.2. The topological polar surface area (TPSA) is 29.5 Å². The van der Waals surface area contributed by atoms with Crippen LogP contribution in [0, 0.1) is 0 Å². The molecule has 1 amide bonds. The van der Waals surface area contributed by atoms with Crippen LogP contribution in [-0.4, -0.2) is 23.1 Å². The van der Waals surface area contributed by atoms with Crippen molar-refractivity contribution in [2.45, 2.75) is 12.0 Å². The average molecular weight is 454 g/mol. The summed E-state index contributed by atoms with van der Waals surface area (Å²) >= 11 is 5.29. The lowest BCUT2D eigenvalue weighted by Gasteiger charge is -2.25. The summed E-state index contributed by atoms with van der Waals surface area (Å²) in [7, 11) is 0. The van der Waals surface area contributed by atoms with Crippen molar-refractivity contribution in [3.63, 3.8) is 0 Å². The van der Waals surface area contributed by atoms with E-state index >= 15 is 0 Å². The first-order chi connectivity index (χ1) is 13.7. The van der Waals surface area contributed by atoms with E-state index in [1.54, 1.807) is 11.8 Å². The number of carbonyl (C=O) groups excluding carboxylic acids is 1. The monoisotopic (exact) mass is 453 g/mol. The molecule has 0 aromatic heterocycles. The van der Waals surface area contributed by atoms with E-state index in [1.807, 2.05) is 59.5 Å². The van der Waals surface area contributed by atoms with Gasteiger partial charge in [-0.05, 0) is 51.3 Å². The molecule has 1 unspecified atom stereocenters. The van der Waals surface area contributed by atoms with E-state index in [2.05, 4.69) is 40.2 Å². The predicted molar refractivity (Wildman–Crippen MR) is 118 cm³/mol. The highest BCUT2D eigenvalue weighted by Crippen LogP contribution is 2.39. The number of ether oxygens (including phenoxy) is 1. The second kappa shape index (κ2) is 8.84. The Kier molecular flexibility index (Phi) is 6.03. The molecule has 0 spiro atoms. The molecule has 3 nitrogen and oxygen atoms in total. The van der Waals surface area contributed by atoms with Gasteiger partial charge in [-0.25, -0.2) is 0 Å². The third-order valence-corrected chi connectivity index (χ3v) is 6.62. The molecule has 0 bridgehead atoms. The van der Waals surface area contributed by atoms with E-state index in [-0.39, 0.29) is 11.3 Å². The quantitative estimate of drug-likeness (QED) is 0.480. The highest BCUT2D eigenvalue weighted by Gasteiger charge is 2.31. The van der Waals surface area contributed by atoms with Crippen molar-refractivity contribution in [1.82, 2.24) is 4.90 Å². The van der Waals surface area contributed by atoms with E-state index in [9.17, 15) is 4.79 Å². The molecule has 142 valence electrons. The maximum atomic E-state index is 13.0. The molecule has 1 atom stereocenters. The van der Waals surface area contributed by atoms with Crippen LogP contribution >= 0.6 is 27.7 Å². The Labute approximate surface area is 177 Å². The largest absolute Gasteiger partial charge is 0.489 e. The standard InChI is InChI=1S/C23H20BrNO2S/c24-21-9-5-4-8-20(21)22(26)25-14-15-28-23(25)18-10-12-19(13-11-18)27-16-17-6-2-1-3-7-17/h1-13,23H,14-16H2. The lowest BCUT2D eigenvalue weighted by atomic mass is 10.1. The number of benzene rings is 3. The summed E-state index contributed by atoms with van der Waals surface area (Å²) < 4.78 is 6.71. The van der Waals surface area contributed by atoms with Gasteiger partial charge in [0.2, 0.25) is 0 Å². The SMILES string of the molecule is O=C(c1ccccc1Br)N1CCSC1c1ccc(OCc2ccccc2)cc1. The van der Waals surface area contributed by atoms with Gasteiger partial charge in [-0.2, -0.15) is 0 Å². The summed E-state index contributed by atoms with van der Waals surface area (Å²) in [6.45, 7) is 1.30. The van der Waals surface area contributed by atoms with Gasteiger partial charge in [0.15, 0.2) is 0 Å². The van der Waals surface area contributed by atoms with Gasteiger partial charge in [-0.15, -0.1) is 11.8 Å². The molecule has 4 rings (SSSR count). The van der Waals surface area contributed by atoms with Crippen LogP contribution in [-0.2, 0) is 6.61 Å². The van der Waals surface area contributed by atoms with Gasteiger partial charge in [0.25, 0.3) is 5.91 Å². The van der Waals surface area contributed by atoms with Crippen LogP contribution in [0.3, 0.4) is 0 Å². The first-order valence-electron chi connectivity index (χ1n) is 9.16. The Morgan fingerprint density at radius 2 is 1.71 bits per heavy atom. The van der Waals surface area contributed by atoms with Gasteiger partial charge in [0.05, 0.1) is 5.56 Å². The highest BCUT2D eigenvalue weighted by molar-refractivity contribution is 9.10. The smallest absolute Gasteiger partial charge is 0.256 e. The van der Waals surface area contributed by atoms with Crippen LogP contribution in [0.5, 0.6) is 5.75 Å². The summed E-state index contributed by atoms with van der Waals surface area (Å²) in [5, 5.41) is 0.0304. The summed E-state index contributed by atoms with van der Waals surface area (Å²) in [6.07, 6.45) is 0. The molecule has 0 N–H and O–H groups in total. The van der Waals surface area contributed by atoms with E-state index in [4.69, 9.17) is 4.74 Å². The molecule has 28 heavy (non-hydrogen) atoms. The number of halogens is 1. The molecule has 1 fully saturated rings. The summed E-state index contributed by atoms with van der Waals surface area (Å²) in [5.74, 6) is 1.83. The molecule has 1 heterocycles. The number of thioether (sulfide) groups is 1. The van der Waals surface area contributed by atoms with Crippen LogP contribution in [0.1, 0.15) is 26.9 Å². The number of hydrogen-bond acceptors (Lipinski definition) is 3. The molecule has 1 aliphatic rings. The van der Waals surface area contributed by atoms with Gasteiger partial charge >= 0.3 is 0 Å². The second-order valence-corrected chi connectivity index (χ2v) is 8.59. The third kappa shape index (κ3) is 4.26. The zero-order valence-corrected chi connectivity index (χ0v) is 17.7. The number of amides is 1. The Balaban J connectivity index is 1.46. The van der Waals surface area contributed by atoms with E-state index in [1.165, 1.54) is 0 Å². The number of hydrogen-bond donors (Lipinski definition) is 0. The van der Waals surface area contributed by atoms with Crippen LogP contribution in [0.25, 0.3) is 0 Å². The lowest BCUT2D eigenvalue weighted by Crippen LogP contribution is -2.30. The van der Waals surface area contributed by atoms with Crippen molar-refractivity contribution in [3.8, 4) is 5.75 Å². The molecule has 0 saturated carbocycles. The molecule has 1 saturated heterocycles. The van der Waals surface area contributed by atoms with Crippen molar-refractivity contribution >= 4 is 33.6 Å². The van der Waals surface area contributed by atoms with Gasteiger partial charge in [0, 0.05) is 16.8 Å². The lowest BCUT2D eigenvalue weighted by molar-refractivity contribution is 0.0759. The van der Waals surface area contributed by atoms with Crippen LogP contribution < -0.4 is 4.74 Å². The van der Waals surface area contributed by atoms with Crippen molar-refractivity contribution in [1.29, 1.82) is 0 Å². The van der Waals surface area contributed by atoms with Gasteiger partial charge in [0.1, 0.15) is 17.7 Å². The Bertz CT molecular complexity index is 946. The van der Waals surface area contributed by atoms with Gasteiger partial charge in [-0.1, -0.05) is 54.6 Å². The summed E-state index contributed by atoms with van der Waals surface area (Å²) in [4.78, 5) is 15.0. The molecule has 1 aliphatic heterocycles. The average Bonchev–Trinajstić information content (AvgIpc) is 3.23. The predicted octanol–water partition coefficient (Wildman–Crippen LogP) is 5.92. The molecule has 3 aromatic rings. The first kappa shape index (κ1) is 19.1. The minimum Gasteiger partial charge on any atom is -0.489 e. The van der Waals surface area contributed by atoms with Crippen molar-refractivity contribution in [2.24, 2.45) is 0 Å². The van der Waals surface area contributed by atoms with Crippen LogP contribution in [0.15, 0.2) is 83.3 Å².